The van der Waals surface area contributed by atoms with Crippen LogP contribution in [-0.2, 0) is 0 Å². The van der Waals surface area contributed by atoms with Gasteiger partial charge in [-0.2, -0.15) is 0 Å². The Bertz CT molecular complexity index is 974. The van der Waals surface area contributed by atoms with Gasteiger partial charge in [-0.3, -0.25) is 9.59 Å². The molecule has 0 bridgehead atoms. The summed E-state index contributed by atoms with van der Waals surface area (Å²) in [5, 5.41) is 0.785. The second-order valence-electron chi connectivity index (χ2n) is 5.32. The van der Waals surface area contributed by atoms with Crippen LogP contribution < -0.4 is 16.0 Å². The van der Waals surface area contributed by atoms with Crippen molar-refractivity contribution in [1.29, 1.82) is 0 Å². The molecular weight excluding hydrogens is 292 g/mol. The lowest BCUT2D eigenvalue weighted by atomic mass is 10.1. The van der Waals surface area contributed by atoms with Gasteiger partial charge in [0.05, 0.1) is 12.6 Å². The molecule has 0 atom stereocenters. The van der Waals surface area contributed by atoms with Crippen molar-refractivity contribution in [1.82, 2.24) is 4.57 Å². The van der Waals surface area contributed by atoms with Gasteiger partial charge in [-0.25, -0.2) is 4.57 Å². The molecule has 1 heterocycles. The van der Waals surface area contributed by atoms with E-state index in [-0.39, 0.29) is 5.56 Å². The molecule has 5 nitrogen and oxygen atoms in total. The van der Waals surface area contributed by atoms with E-state index in [9.17, 15) is 9.59 Å². The molecule has 0 aliphatic carbocycles. The highest BCUT2D eigenvalue weighted by Crippen LogP contribution is 2.19. The van der Waals surface area contributed by atoms with Crippen LogP contribution in [0.5, 0.6) is 5.75 Å². The molecule has 3 rings (SSSR count). The zero-order valence-electron chi connectivity index (χ0n) is 12.9. The number of nitrogens with two attached hydrogens (primary N) is 1. The number of rotatable bonds is 2. The number of aromatic nitrogens is 1. The van der Waals surface area contributed by atoms with Crippen molar-refractivity contribution in [3.8, 4) is 5.75 Å². The molecule has 0 radical (unpaired) electrons. The summed E-state index contributed by atoms with van der Waals surface area (Å²) in [7, 11) is 1.53. The van der Waals surface area contributed by atoms with Crippen LogP contribution >= 0.6 is 0 Å². The highest BCUT2D eigenvalue weighted by molar-refractivity contribution is 6.02. The van der Waals surface area contributed by atoms with E-state index < -0.39 is 5.91 Å². The zero-order valence-corrected chi connectivity index (χ0v) is 12.9. The Morgan fingerprint density at radius 1 is 1.13 bits per heavy atom. The van der Waals surface area contributed by atoms with Crippen molar-refractivity contribution < 1.29 is 9.53 Å². The Morgan fingerprint density at radius 3 is 2.65 bits per heavy atom. The van der Waals surface area contributed by atoms with Crippen LogP contribution in [0.3, 0.4) is 0 Å². The molecule has 0 unspecified atom stereocenters. The fourth-order valence-corrected chi connectivity index (χ4v) is 2.54. The van der Waals surface area contributed by atoms with E-state index in [2.05, 4.69) is 0 Å². The van der Waals surface area contributed by atoms with Gasteiger partial charge < -0.3 is 10.5 Å². The van der Waals surface area contributed by atoms with Crippen LogP contribution in [0.15, 0.2) is 53.3 Å². The maximum atomic E-state index is 12.9. The van der Waals surface area contributed by atoms with E-state index in [1.165, 1.54) is 7.11 Å². The van der Waals surface area contributed by atoms with Crippen molar-refractivity contribution >= 4 is 22.5 Å². The van der Waals surface area contributed by atoms with E-state index in [1.54, 1.807) is 55.5 Å². The van der Waals surface area contributed by atoms with Crippen LogP contribution in [0.2, 0.25) is 0 Å². The number of methoxy groups -OCH3 is 1. The van der Waals surface area contributed by atoms with E-state index in [0.717, 1.165) is 9.95 Å². The number of aryl methyl sites for hydroxylation is 1. The highest BCUT2D eigenvalue weighted by atomic mass is 16.5. The number of benzene rings is 2. The monoisotopic (exact) mass is 308 g/mol. The number of nitrogens with zero attached hydrogens (tertiary/aromatic N) is 1. The number of hydrogen-bond donors (Lipinski definition) is 1. The van der Waals surface area contributed by atoms with Gasteiger partial charge in [0, 0.05) is 16.8 Å². The fourth-order valence-electron chi connectivity index (χ4n) is 2.54. The molecule has 0 aliphatic heterocycles. The molecule has 0 saturated carbocycles. The molecular formula is C18H16N2O3. The average Bonchev–Trinajstić information content (AvgIpc) is 2.56. The first kappa shape index (κ1) is 14.8. The smallest absolute Gasteiger partial charge is 0.265 e. The van der Waals surface area contributed by atoms with Gasteiger partial charge in [0.25, 0.3) is 11.5 Å². The van der Waals surface area contributed by atoms with Crippen LogP contribution in [0, 0.1) is 6.92 Å². The van der Waals surface area contributed by atoms with Crippen molar-refractivity contribution in [2.24, 2.45) is 0 Å². The standard InChI is InChI=1S/C18H16N2O3/c1-11-8-12-6-7-14(19)10-16(12)20(17(11)21)18(22)13-4-3-5-15(9-13)23-2/h3-10H,19H2,1-2H3. The van der Waals surface area contributed by atoms with Gasteiger partial charge in [-0.1, -0.05) is 12.1 Å². The van der Waals surface area contributed by atoms with Gasteiger partial charge in [-0.15, -0.1) is 0 Å². The Kier molecular flexibility index (Phi) is 3.62. The lowest BCUT2D eigenvalue weighted by Crippen LogP contribution is -2.29. The van der Waals surface area contributed by atoms with E-state index in [1.807, 2.05) is 0 Å². The zero-order chi connectivity index (χ0) is 16.6. The Balaban J connectivity index is 2.29. The van der Waals surface area contributed by atoms with Gasteiger partial charge in [0.1, 0.15) is 5.75 Å². The molecule has 5 heteroatoms. The summed E-state index contributed by atoms with van der Waals surface area (Å²) in [4.78, 5) is 25.4. The molecule has 0 amide bonds. The van der Waals surface area contributed by atoms with E-state index >= 15 is 0 Å². The normalized spacial score (nSPS) is 10.7. The Hall–Kier alpha value is -3.08. The van der Waals surface area contributed by atoms with Crippen LogP contribution in [0.1, 0.15) is 15.9 Å². The van der Waals surface area contributed by atoms with E-state index in [0.29, 0.717) is 28.1 Å². The van der Waals surface area contributed by atoms with Crippen LogP contribution in [-0.4, -0.2) is 17.6 Å². The third-order valence-corrected chi connectivity index (χ3v) is 3.73. The van der Waals surface area contributed by atoms with Gasteiger partial charge in [-0.05, 0) is 48.7 Å². The molecule has 1 aromatic heterocycles. The number of nitrogen functional groups attached to an aromatic ring is 1. The Labute approximate surface area is 132 Å². The minimum atomic E-state index is -0.409. The quantitative estimate of drug-likeness (QED) is 0.738. The lowest BCUT2D eigenvalue weighted by molar-refractivity contribution is 0.0960. The number of carbonyl (C=O) groups is 1. The van der Waals surface area contributed by atoms with Crippen molar-refractivity contribution in [2.75, 3.05) is 12.8 Å². The van der Waals surface area contributed by atoms with Crippen LogP contribution in [0.4, 0.5) is 5.69 Å². The summed E-state index contributed by atoms with van der Waals surface area (Å²) in [6.07, 6.45) is 0. The number of fused-ring (bicyclic) bond motifs is 1. The number of hydrogen-bond acceptors (Lipinski definition) is 4. The number of carbonyl (C=O) groups excluding carboxylic acids is 1. The Morgan fingerprint density at radius 2 is 1.91 bits per heavy atom. The molecule has 2 N–H and O–H groups in total. The highest BCUT2D eigenvalue weighted by Gasteiger charge is 2.16. The molecule has 0 aliphatic rings. The second-order valence-corrected chi connectivity index (χ2v) is 5.32. The first-order chi connectivity index (χ1) is 11.0. The molecule has 0 saturated heterocycles. The predicted octanol–water partition coefficient (Wildman–Crippen LogP) is 2.59. The topological polar surface area (TPSA) is 74.3 Å². The van der Waals surface area contributed by atoms with E-state index in [4.69, 9.17) is 10.5 Å². The first-order valence-corrected chi connectivity index (χ1v) is 7.12. The second kappa shape index (κ2) is 5.61. The van der Waals surface area contributed by atoms with Gasteiger partial charge in [0.2, 0.25) is 0 Å². The predicted molar refractivity (Wildman–Crippen MR) is 90.1 cm³/mol. The minimum Gasteiger partial charge on any atom is -0.497 e. The van der Waals surface area contributed by atoms with Gasteiger partial charge >= 0.3 is 0 Å². The minimum absolute atomic E-state index is 0.351. The largest absolute Gasteiger partial charge is 0.497 e. The summed E-state index contributed by atoms with van der Waals surface area (Å²) < 4.78 is 6.30. The molecule has 2 aromatic carbocycles. The van der Waals surface area contributed by atoms with Crippen LogP contribution in [0.25, 0.3) is 10.9 Å². The summed E-state index contributed by atoms with van der Waals surface area (Å²) >= 11 is 0. The van der Waals surface area contributed by atoms with Crippen molar-refractivity contribution in [2.45, 2.75) is 6.92 Å². The molecule has 0 fully saturated rings. The molecule has 116 valence electrons. The molecule has 3 aromatic rings. The third kappa shape index (κ3) is 2.57. The van der Waals surface area contributed by atoms with Crippen molar-refractivity contribution in [3.63, 3.8) is 0 Å². The maximum Gasteiger partial charge on any atom is 0.265 e. The number of ether oxygens (including phenoxy) is 1. The fraction of sp³-hybridized carbons (Fsp3) is 0.111. The SMILES string of the molecule is COc1cccc(C(=O)n2c(=O)c(C)cc3ccc(N)cc32)c1. The summed E-state index contributed by atoms with van der Waals surface area (Å²) in [5.41, 5.74) is 7.33. The summed E-state index contributed by atoms with van der Waals surface area (Å²) in [5.74, 6) is 0.147. The van der Waals surface area contributed by atoms with Gasteiger partial charge in [0.15, 0.2) is 0 Å². The van der Waals surface area contributed by atoms with Crippen molar-refractivity contribution in [3.05, 3.63) is 70.0 Å². The molecule has 23 heavy (non-hydrogen) atoms. The molecule has 0 spiro atoms. The maximum absolute atomic E-state index is 12.9. The summed E-state index contributed by atoms with van der Waals surface area (Å²) in [6, 6.07) is 13.6. The first-order valence-electron chi connectivity index (χ1n) is 7.12. The summed E-state index contributed by atoms with van der Waals surface area (Å²) in [6.45, 7) is 1.69. The lowest BCUT2D eigenvalue weighted by Gasteiger charge is -2.11. The number of anilines is 1. The average molecular weight is 308 g/mol. The number of pyridine rings is 1. The third-order valence-electron chi connectivity index (χ3n) is 3.73.